The van der Waals surface area contributed by atoms with Gasteiger partial charge >= 0.3 is 6.03 Å². The number of aryl methyl sites for hydroxylation is 2. The molecule has 3 N–H and O–H groups in total. The van der Waals surface area contributed by atoms with Gasteiger partial charge in [-0.1, -0.05) is 23.7 Å². The van der Waals surface area contributed by atoms with Gasteiger partial charge in [-0.25, -0.2) is 4.79 Å². The standard InChI is InChI=1S/C17H21ClN4O2/c1-10-14(11(2)22-21-10)9-19-17(23)20-15-7-8-24-16(15)12-3-5-13(18)6-4-12/h3-6,15-16H,7-9H2,1-2H3,(H,21,22)(H2,19,20,23). The summed E-state index contributed by atoms with van der Waals surface area (Å²) in [6, 6.07) is 7.27. The molecule has 6 nitrogen and oxygen atoms in total. The zero-order valence-corrected chi connectivity index (χ0v) is 14.5. The van der Waals surface area contributed by atoms with Crippen LogP contribution in [-0.4, -0.2) is 28.9 Å². The van der Waals surface area contributed by atoms with E-state index in [1.165, 1.54) is 0 Å². The molecule has 2 amide bonds. The van der Waals surface area contributed by atoms with E-state index in [9.17, 15) is 4.79 Å². The fourth-order valence-electron chi connectivity index (χ4n) is 2.94. The van der Waals surface area contributed by atoms with Crippen LogP contribution >= 0.6 is 11.6 Å². The molecule has 1 aliphatic rings. The van der Waals surface area contributed by atoms with Crippen molar-refractivity contribution in [1.82, 2.24) is 20.8 Å². The summed E-state index contributed by atoms with van der Waals surface area (Å²) in [6.07, 6.45) is 0.634. The second kappa shape index (κ2) is 7.23. The third-order valence-electron chi connectivity index (χ3n) is 4.31. The van der Waals surface area contributed by atoms with E-state index in [1.807, 2.05) is 38.1 Å². The highest BCUT2D eigenvalue weighted by atomic mass is 35.5. The predicted octanol–water partition coefficient (Wildman–Crippen LogP) is 3.01. The molecular formula is C17H21ClN4O2. The first-order valence-corrected chi connectivity index (χ1v) is 8.34. The van der Waals surface area contributed by atoms with E-state index >= 15 is 0 Å². The number of nitrogens with zero attached hydrogens (tertiary/aromatic N) is 1. The number of H-pyrrole nitrogens is 1. The maximum atomic E-state index is 12.2. The molecule has 128 valence electrons. The number of urea groups is 1. The molecule has 0 bridgehead atoms. The predicted molar refractivity (Wildman–Crippen MR) is 92.0 cm³/mol. The number of aromatic amines is 1. The summed E-state index contributed by atoms with van der Waals surface area (Å²) in [7, 11) is 0. The SMILES string of the molecule is Cc1n[nH]c(C)c1CNC(=O)NC1CCOC1c1ccc(Cl)cc1. The number of nitrogens with one attached hydrogen (secondary N) is 3. The van der Waals surface area contributed by atoms with Gasteiger partial charge in [0.2, 0.25) is 0 Å². The van der Waals surface area contributed by atoms with E-state index in [-0.39, 0.29) is 18.2 Å². The first kappa shape index (κ1) is 16.8. The van der Waals surface area contributed by atoms with Gasteiger partial charge in [0, 0.05) is 29.4 Å². The summed E-state index contributed by atoms with van der Waals surface area (Å²) in [5, 5.41) is 13.6. The summed E-state index contributed by atoms with van der Waals surface area (Å²) in [4.78, 5) is 12.2. The van der Waals surface area contributed by atoms with Gasteiger partial charge in [0.1, 0.15) is 6.10 Å². The number of hydrogen-bond donors (Lipinski definition) is 3. The number of amides is 2. The molecule has 0 spiro atoms. The van der Waals surface area contributed by atoms with Crippen LogP contribution in [0.2, 0.25) is 5.02 Å². The Bertz CT molecular complexity index is 694. The van der Waals surface area contributed by atoms with Crippen LogP contribution in [0.4, 0.5) is 4.79 Å². The van der Waals surface area contributed by atoms with Gasteiger partial charge in [-0.05, 0) is 38.0 Å². The molecule has 1 aliphatic heterocycles. The number of ether oxygens (including phenoxy) is 1. The highest BCUT2D eigenvalue weighted by Crippen LogP contribution is 2.29. The van der Waals surface area contributed by atoms with Crippen LogP contribution < -0.4 is 10.6 Å². The van der Waals surface area contributed by atoms with Crippen LogP contribution in [0.1, 0.15) is 35.0 Å². The van der Waals surface area contributed by atoms with Crippen LogP contribution in [0.15, 0.2) is 24.3 Å². The summed E-state index contributed by atoms with van der Waals surface area (Å²) >= 11 is 5.93. The highest BCUT2D eigenvalue weighted by molar-refractivity contribution is 6.30. The van der Waals surface area contributed by atoms with Gasteiger partial charge in [0.15, 0.2) is 0 Å². The molecule has 1 aromatic heterocycles. The van der Waals surface area contributed by atoms with E-state index in [0.29, 0.717) is 18.2 Å². The minimum Gasteiger partial charge on any atom is -0.371 e. The number of rotatable bonds is 4. The maximum absolute atomic E-state index is 12.2. The highest BCUT2D eigenvalue weighted by Gasteiger charge is 2.30. The molecule has 2 unspecified atom stereocenters. The lowest BCUT2D eigenvalue weighted by atomic mass is 10.0. The molecule has 24 heavy (non-hydrogen) atoms. The average Bonchev–Trinajstić information content (AvgIpc) is 3.13. The molecule has 2 atom stereocenters. The Morgan fingerprint density at radius 1 is 1.38 bits per heavy atom. The van der Waals surface area contributed by atoms with Crippen molar-refractivity contribution in [2.45, 2.75) is 39.0 Å². The monoisotopic (exact) mass is 348 g/mol. The number of benzene rings is 1. The third kappa shape index (κ3) is 3.71. The van der Waals surface area contributed by atoms with Crippen molar-refractivity contribution >= 4 is 17.6 Å². The van der Waals surface area contributed by atoms with Crippen LogP contribution in [0.25, 0.3) is 0 Å². The number of hydrogen-bond acceptors (Lipinski definition) is 3. The summed E-state index contributed by atoms with van der Waals surface area (Å²) in [5.74, 6) is 0. The van der Waals surface area contributed by atoms with Crippen molar-refractivity contribution in [3.8, 4) is 0 Å². The fourth-order valence-corrected chi connectivity index (χ4v) is 3.07. The van der Waals surface area contributed by atoms with Gasteiger partial charge < -0.3 is 15.4 Å². The zero-order valence-electron chi connectivity index (χ0n) is 13.7. The molecule has 3 rings (SSSR count). The number of carbonyl (C=O) groups excluding carboxylic acids is 1. The zero-order chi connectivity index (χ0) is 17.1. The van der Waals surface area contributed by atoms with Gasteiger partial charge in [0.05, 0.1) is 11.7 Å². The molecule has 2 heterocycles. The van der Waals surface area contributed by atoms with Crippen LogP contribution in [-0.2, 0) is 11.3 Å². The second-order valence-electron chi connectivity index (χ2n) is 5.98. The molecular weight excluding hydrogens is 328 g/mol. The van der Waals surface area contributed by atoms with Crippen molar-refractivity contribution in [2.24, 2.45) is 0 Å². The summed E-state index contributed by atoms with van der Waals surface area (Å²) < 4.78 is 5.78. The van der Waals surface area contributed by atoms with Gasteiger partial charge in [-0.15, -0.1) is 0 Å². The van der Waals surface area contributed by atoms with Crippen LogP contribution in [0, 0.1) is 13.8 Å². The average molecular weight is 349 g/mol. The van der Waals surface area contributed by atoms with Gasteiger partial charge in [0.25, 0.3) is 0 Å². The summed E-state index contributed by atoms with van der Waals surface area (Å²) in [5.41, 5.74) is 3.90. The van der Waals surface area contributed by atoms with E-state index in [0.717, 1.165) is 28.9 Å². The number of aromatic nitrogens is 2. The van der Waals surface area contributed by atoms with Gasteiger partial charge in [-0.3, -0.25) is 5.10 Å². The molecule has 7 heteroatoms. The van der Waals surface area contributed by atoms with E-state index < -0.39 is 0 Å². The van der Waals surface area contributed by atoms with Crippen molar-refractivity contribution in [3.05, 3.63) is 51.8 Å². The Morgan fingerprint density at radius 3 is 2.79 bits per heavy atom. The number of carbonyl (C=O) groups is 1. The van der Waals surface area contributed by atoms with Crippen molar-refractivity contribution in [3.63, 3.8) is 0 Å². The Balaban J connectivity index is 1.58. The third-order valence-corrected chi connectivity index (χ3v) is 4.57. The topological polar surface area (TPSA) is 79.0 Å². The first-order chi connectivity index (χ1) is 11.5. The molecule has 0 aliphatic carbocycles. The van der Waals surface area contributed by atoms with Crippen molar-refractivity contribution in [2.75, 3.05) is 6.61 Å². The molecule has 0 radical (unpaired) electrons. The maximum Gasteiger partial charge on any atom is 0.315 e. The Kier molecular flexibility index (Phi) is 5.06. The van der Waals surface area contributed by atoms with Crippen molar-refractivity contribution in [1.29, 1.82) is 0 Å². The summed E-state index contributed by atoms with van der Waals surface area (Å²) in [6.45, 7) is 4.92. The quantitative estimate of drug-likeness (QED) is 0.794. The Morgan fingerprint density at radius 2 is 2.12 bits per heavy atom. The molecule has 1 aromatic carbocycles. The van der Waals surface area contributed by atoms with Crippen molar-refractivity contribution < 1.29 is 9.53 Å². The second-order valence-corrected chi connectivity index (χ2v) is 6.41. The smallest absolute Gasteiger partial charge is 0.315 e. The fraction of sp³-hybridized carbons (Fsp3) is 0.412. The minimum absolute atomic E-state index is 0.0577. The van der Waals surface area contributed by atoms with E-state index in [2.05, 4.69) is 20.8 Å². The molecule has 1 saturated heterocycles. The lowest BCUT2D eigenvalue weighted by Gasteiger charge is -2.20. The van der Waals surface area contributed by atoms with Gasteiger partial charge in [-0.2, -0.15) is 5.10 Å². The van der Waals surface area contributed by atoms with Crippen LogP contribution in [0.3, 0.4) is 0 Å². The Labute approximate surface area is 145 Å². The molecule has 2 aromatic rings. The van der Waals surface area contributed by atoms with E-state index in [1.54, 1.807) is 0 Å². The van der Waals surface area contributed by atoms with E-state index in [4.69, 9.17) is 16.3 Å². The number of halogens is 1. The van der Waals surface area contributed by atoms with Crippen LogP contribution in [0.5, 0.6) is 0 Å². The Hall–Kier alpha value is -2.05. The molecule has 0 saturated carbocycles. The lowest BCUT2D eigenvalue weighted by molar-refractivity contribution is 0.0999. The molecule has 1 fully saturated rings. The minimum atomic E-state index is -0.204. The first-order valence-electron chi connectivity index (χ1n) is 7.96. The largest absolute Gasteiger partial charge is 0.371 e. The lowest BCUT2D eigenvalue weighted by Crippen LogP contribution is -2.43. The normalized spacial score (nSPS) is 20.1.